The van der Waals surface area contributed by atoms with E-state index in [0.717, 1.165) is 51.4 Å². The predicted molar refractivity (Wildman–Crippen MR) is 117 cm³/mol. The van der Waals surface area contributed by atoms with Crippen molar-refractivity contribution in [3.05, 3.63) is 29.8 Å². The van der Waals surface area contributed by atoms with E-state index in [4.69, 9.17) is 10.00 Å². The van der Waals surface area contributed by atoms with E-state index >= 15 is 0 Å². The van der Waals surface area contributed by atoms with E-state index in [1.54, 1.807) is 6.92 Å². The molecule has 1 aromatic rings. The quantitative estimate of drug-likeness (QED) is 0.626. The first kappa shape index (κ1) is 23.0. The van der Waals surface area contributed by atoms with E-state index in [2.05, 4.69) is 20.8 Å². The number of likely N-dealkylation sites (tertiary alicyclic amines) is 1. The maximum absolute atomic E-state index is 11.9. The molecule has 3 rings (SSSR count). The number of hydrogen-bond acceptors (Lipinski definition) is 7. The minimum Gasteiger partial charge on any atom is -0.481 e. The summed E-state index contributed by atoms with van der Waals surface area (Å²) in [6.45, 7) is 7.66. The number of aliphatic carboxylic acids is 1. The predicted octanol–water partition coefficient (Wildman–Crippen LogP) is 1.80. The number of anilines is 1. The zero-order chi connectivity index (χ0) is 22.2. The lowest BCUT2D eigenvalue weighted by atomic mass is 9.86. The fourth-order valence-corrected chi connectivity index (χ4v) is 4.76. The molecule has 168 valence electrons. The van der Waals surface area contributed by atoms with Gasteiger partial charge in [0.1, 0.15) is 0 Å². The van der Waals surface area contributed by atoms with Crippen molar-refractivity contribution < 1.29 is 19.4 Å². The Hall–Kier alpha value is -2.63. The normalized spacial score (nSPS) is 22.6. The van der Waals surface area contributed by atoms with E-state index in [-0.39, 0.29) is 24.9 Å². The van der Waals surface area contributed by atoms with Crippen LogP contribution in [0.4, 0.5) is 5.69 Å². The molecule has 0 radical (unpaired) electrons. The van der Waals surface area contributed by atoms with Crippen LogP contribution in [0, 0.1) is 17.2 Å². The molecule has 8 heteroatoms. The Balaban J connectivity index is 1.58. The summed E-state index contributed by atoms with van der Waals surface area (Å²) in [5.74, 6) is -0.762. The van der Waals surface area contributed by atoms with Crippen LogP contribution in [0.25, 0.3) is 0 Å². The SMILES string of the molecule is CCOC(=O)CN1CCC(N2CCN(c3ccc(C#N)cc3)CC2)C(CCC(=O)O)C1. The molecule has 0 spiro atoms. The topological polar surface area (TPSA) is 97.1 Å². The Morgan fingerprint density at radius 3 is 2.48 bits per heavy atom. The summed E-state index contributed by atoms with van der Waals surface area (Å²) in [7, 11) is 0. The largest absolute Gasteiger partial charge is 0.481 e. The highest BCUT2D eigenvalue weighted by Gasteiger charge is 2.35. The molecule has 0 aliphatic carbocycles. The van der Waals surface area contributed by atoms with E-state index in [9.17, 15) is 14.7 Å². The molecule has 2 heterocycles. The Labute approximate surface area is 184 Å². The highest BCUT2D eigenvalue weighted by atomic mass is 16.5. The zero-order valence-electron chi connectivity index (χ0n) is 18.2. The van der Waals surface area contributed by atoms with Crippen LogP contribution in [0.3, 0.4) is 0 Å². The van der Waals surface area contributed by atoms with Crippen molar-refractivity contribution in [2.45, 2.75) is 32.2 Å². The van der Waals surface area contributed by atoms with E-state index in [1.165, 1.54) is 0 Å². The Bertz CT molecular complexity index is 784. The molecule has 2 aliphatic heterocycles. The van der Waals surface area contributed by atoms with Gasteiger partial charge in [0.25, 0.3) is 0 Å². The maximum atomic E-state index is 11.9. The number of carboxylic acid groups (broad SMARTS) is 1. The van der Waals surface area contributed by atoms with E-state index in [0.29, 0.717) is 24.6 Å². The van der Waals surface area contributed by atoms with Gasteiger partial charge in [0.15, 0.2) is 0 Å². The summed E-state index contributed by atoms with van der Waals surface area (Å²) < 4.78 is 5.08. The second kappa shape index (κ2) is 11.1. The van der Waals surface area contributed by atoms with Gasteiger partial charge in [-0.1, -0.05) is 0 Å². The van der Waals surface area contributed by atoms with E-state index in [1.807, 2.05) is 24.3 Å². The number of rotatable bonds is 8. The van der Waals surface area contributed by atoms with Crippen LogP contribution in [0.5, 0.6) is 0 Å². The van der Waals surface area contributed by atoms with Crippen LogP contribution in [-0.2, 0) is 14.3 Å². The summed E-state index contributed by atoms with van der Waals surface area (Å²) in [5, 5.41) is 18.2. The Morgan fingerprint density at radius 2 is 1.87 bits per heavy atom. The summed E-state index contributed by atoms with van der Waals surface area (Å²) in [5.41, 5.74) is 1.79. The standard InChI is InChI=1S/C23H32N4O4/c1-2-31-23(30)17-25-10-9-21(19(16-25)5-8-22(28)29)27-13-11-26(12-14-27)20-6-3-18(15-24)4-7-20/h3-4,6-7,19,21H,2,5,8-14,16-17H2,1H3,(H,28,29). The molecule has 0 bridgehead atoms. The number of esters is 1. The number of carboxylic acids is 1. The summed E-state index contributed by atoms with van der Waals surface area (Å²) in [4.78, 5) is 30.0. The first-order valence-electron chi connectivity index (χ1n) is 11.1. The summed E-state index contributed by atoms with van der Waals surface area (Å²) in [6.07, 6.45) is 1.70. The van der Waals surface area contributed by atoms with Crippen molar-refractivity contribution in [1.29, 1.82) is 5.26 Å². The monoisotopic (exact) mass is 428 g/mol. The van der Waals surface area contributed by atoms with Crippen molar-refractivity contribution in [1.82, 2.24) is 9.80 Å². The van der Waals surface area contributed by atoms with Crippen molar-refractivity contribution >= 4 is 17.6 Å². The minimum atomic E-state index is -0.771. The van der Waals surface area contributed by atoms with Gasteiger partial charge in [0.05, 0.1) is 24.8 Å². The lowest BCUT2D eigenvalue weighted by molar-refractivity contribution is -0.145. The molecule has 2 atom stereocenters. The maximum Gasteiger partial charge on any atom is 0.320 e. The molecule has 0 aromatic heterocycles. The number of hydrogen-bond donors (Lipinski definition) is 1. The molecule has 31 heavy (non-hydrogen) atoms. The van der Waals surface area contributed by atoms with Gasteiger partial charge >= 0.3 is 11.9 Å². The first-order chi connectivity index (χ1) is 15.0. The fourth-order valence-electron chi connectivity index (χ4n) is 4.76. The lowest BCUT2D eigenvalue weighted by Gasteiger charge is -2.47. The molecule has 1 aromatic carbocycles. The molecule has 8 nitrogen and oxygen atoms in total. The summed E-state index contributed by atoms with van der Waals surface area (Å²) in [6, 6.07) is 10.2. The lowest BCUT2D eigenvalue weighted by Crippen LogP contribution is -2.57. The van der Waals surface area contributed by atoms with Crippen molar-refractivity contribution in [3.63, 3.8) is 0 Å². The third-order valence-corrected chi connectivity index (χ3v) is 6.31. The van der Waals surface area contributed by atoms with Gasteiger partial charge in [-0.15, -0.1) is 0 Å². The average molecular weight is 429 g/mol. The van der Waals surface area contributed by atoms with Crippen molar-refractivity contribution in [3.8, 4) is 6.07 Å². The summed E-state index contributed by atoms with van der Waals surface area (Å²) >= 11 is 0. The van der Waals surface area contributed by atoms with Gasteiger partial charge in [-0.25, -0.2) is 0 Å². The molecule has 0 saturated carbocycles. The van der Waals surface area contributed by atoms with Gasteiger partial charge in [-0.3, -0.25) is 19.4 Å². The number of ether oxygens (including phenoxy) is 1. The van der Waals surface area contributed by atoms with E-state index < -0.39 is 5.97 Å². The smallest absolute Gasteiger partial charge is 0.320 e. The molecule has 2 aliphatic rings. The minimum absolute atomic E-state index is 0.152. The number of nitrogens with zero attached hydrogens (tertiary/aromatic N) is 4. The zero-order valence-corrected chi connectivity index (χ0v) is 18.2. The number of piperazine rings is 1. The number of benzene rings is 1. The molecular weight excluding hydrogens is 396 g/mol. The Kier molecular flexibility index (Phi) is 8.27. The van der Waals surface area contributed by atoms with Crippen LogP contribution in [0.15, 0.2) is 24.3 Å². The van der Waals surface area contributed by atoms with Crippen LogP contribution in [-0.4, -0.2) is 85.3 Å². The molecule has 2 saturated heterocycles. The van der Waals surface area contributed by atoms with Crippen molar-refractivity contribution in [2.75, 3.05) is 57.3 Å². The van der Waals surface area contributed by atoms with Crippen molar-refractivity contribution in [2.24, 2.45) is 5.92 Å². The number of carbonyl (C=O) groups is 2. The molecule has 1 N–H and O–H groups in total. The number of piperidine rings is 1. The highest BCUT2D eigenvalue weighted by molar-refractivity contribution is 5.71. The number of nitriles is 1. The van der Waals surface area contributed by atoms with Crippen LogP contribution in [0.1, 0.15) is 31.7 Å². The third kappa shape index (κ3) is 6.42. The van der Waals surface area contributed by atoms with Gasteiger partial charge in [-0.2, -0.15) is 5.26 Å². The molecular formula is C23H32N4O4. The third-order valence-electron chi connectivity index (χ3n) is 6.31. The number of carbonyl (C=O) groups excluding carboxylic acids is 1. The Morgan fingerprint density at radius 1 is 1.16 bits per heavy atom. The van der Waals surface area contributed by atoms with Gasteiger partial charge in [-0.05, 0) is 49.9 Å². The first-order valence-corrected chi connectivity index (χ1v) is 11.1. The second-order valence-electron chi connectivity index (χ2n) is 8.27. The van der Waals surface area contributed by atoms with Crippen LogP contribution >= 0.6 is 0 Å². The van der Waals surface area contributed by atoms with Gasteiger partial charge in [0.2, 0.25) is 0 Å². The highest BCUT2D eigenvalue weighted by Crippen LogP contribution is 2.28. The van der Waals surface area contributed by atoms with Crippen LogP contribution < -0.4 is 4.90 Å². The molecule has 2 unspecified atom stereocenters. The van der Waals surface area contributed by atoms with Gasteiger partial charge < -0.3 is 14.7 Å². The second-order valence-corrected chi connectivity index (χ2v) is 8.27. The fraction of sp³-hybridized carbons (Fsp3) is 0.609. The molecule has 0 amide bonds. The molecule has 2 fully saturated rings. The van der Waals surface area contributed by atoms with Gasteiger partial charge in [0, 0.05) is 57.4 Å². The van der Waals surface area contributed by atoms with Crippen LogP contribution in [0.2, 0.25) is 0 Å². The average Bonchev–Trinajstić information content (AvgIpc) is 2.78.